The Bertz CT molecular complexity index is 986. The minimum atomic E-state index is -3.28. The summed E-state index contributed by atoms with van der Waals surface area (Å²) in [4.78, 5) is 17.9. The van der Waals surface area contributed by atoms with Gasteiger partial charge in [0.25, 0.3) is 0 Å². The maximum absolute atomic E-state index is 12.0. The number of carbonyl (C=O) groups is 1. The van der Waals surface area contributed by atoms with Gasteiger partial charge in [-0.15, -0.1) is 11.3 Å². The Balaban J connectivity index is 1.51. The number of thiazole rings is 1. The van der Waals surface area contributed by atoms with E-state index in [4.69, 9.17) is 4.74 Å². The van der Waals surface area contributed by atoms with Crippen molar-refractivity contribution < 1.29 is 17.9 Å². The van der Waals surface area contributed by atoms with Crippen LogP contribution in [0.25, 0.3) is 11.3 Å². The third-order valence-electron chi connectivity index (χ3n) is 4.88. The Morgan fingerprint density at radius 1 is 1.37 bits per heavy atom. The highest BCUT2D eigenvalue weighted by molar-refractivity contribution is 7.92. The number of anilines is 1. The van der Waals surface area contributed by atoms with Crippen molar-refractivity contribution in [3.63, 3.8) is 0 Å². The lowest BCUT2D eigenvalue weighted by atomic mass is 10.1. The molecule has 7 nitrogen and oxygen atoms in total. The van der Waals surface area contributed by atoms with Crippen LogP contribution in [-0.2, 0) is 27.6 Å². The van der Waals surface area contributed by atoms with Gasteiger partial charge in [0.1, 0.15) is 6.61 Å². The summed E-state index contributed by atoms with van der Waals surface area (Å²) in [5.74, 6) is 0. The van der Waals surface area contributed by atoms with Gasteiger partial charge < -0.3 is 9.64 Å². The van der Waals surface area contributed by atoms with Crippen molar-refractivity contribution >= 4 is 33.1 Å². The van der Waals surface area contributed by atoms with Crippen LogP contribution in [-0.4, -0.2) is 56.4 Å². The predicted molar refractivity (Wildman–Crippen MR) is 105 cm³/mol. The smallest absolute Gasteiger partial charge is 0.409 e. The van der Waals surface area contributed by atoms with E-state index in [9.17, 15) is 13.2 Å². The largest absolute Gasteiger partial charge is 0.448 e. The highest BCUT2D eigenvalue weighted by Crippen LogP contribution is 2.37. The van der Waals surface area contributed by atoms with Crippen molar-refractivity contribution in [2.75, 3.05) is 30.3 Å². The molecule has 1 amide bonds. The number of aromatic nitrogens is 1. The molecule has 2 aromatic rings. The molecule has 0 saturated carbocycles. The number of amides is 1. The molecule has 3 heterocycles. The summed E-state index contributed by atoms with van der Waals surface area (Å²) < 4.78 is 30.5. The highest BCUT2D eigenvalue weighted by Gasteiger charge is 2.32. The molecule has 1 saturated heterocycles. The van der Waals surface area contributed by atoms with Crippen molar-refractivity contribution in [1.82, 2.24) is 9.88 Å². The van der Waals surface area contributed by atoms with E-state index in [1.807, 2.05) is 30.5 Å². The minimum absolute atomic E-state index is 0.0727. The number of nitrogens with zero attached hydrogens (tertiary/aromatic N) is 3. The van der Waals surface area contributed by atoms with Crippen LogP contribution in [0.1, 0.15) is 17.5 Å². The highest BCUT2D eigenvalue weighted by atomic mass is 32.2. The van der Waals surface area contributed by atoms with Crippen LogP contribution in [0.4, 0.5) is 10.5 Å². The molecule has 0 unspecified atom stereocenters. The van der Waals surface area contributed by atoms with E-state index in [1.165, 1.54) is 10.6 Å². The Morgan fingerprint density at radius 3 is 2.89 bits per heavy atom. The molecule has 0 aliphatic carbocycles. The van der Waals surface area contributed by atoms with Gasteiger partial charge in [-0.2, -0.15) is 0 Å². The molecule has 9 heteroatoms. The Hall–Kier alpha value is -2.13. The molecule has 1 fully saturated rings. The summed E-state index contributed by atoms with van der Waals surface area (Å²) in [6.07, 6.45) is 2.39. The van der Waals surface area contributed by atoms with E-state index >= 15 is 0 Å². The van der Waals surface area contributed by atoms with Crippen LogP contribution in [0, 0.1) is 0 Å². The van der Waals surface area contributed by atoms with Crippen LogP contribution in [0.5, 0.6) is 0 Å². The Kier molecular flexibility index (Phi) is 4.59. The lowest BCUT2D eigenvalue weighted by Crippen LogP contribution is -2.34. The number of rotatable bonds is 5. The molecular weight excluding hydrogens is 386 g/mol. The second-order valence-electron chi connectivity index (χ2n) is 6.93. The first kappa shape index (κ1) is 18.2. The SMILES string of the molecule is C[C@@H]1Cc2cc(-c3csc(CCN4CCOC4=O)n3)ccc2N1S(C)(=O)=O. The molecule has 0 spiro atoms. The molecule has 4 rings (SSSR count). The molecular formula is C18H21N3O4S2. The van der Waals surface area contributed by atoms with E-state index in [-0.39, 0.29) is 12.1 Å². The van der Waals surface area contributed by atoms with Gasteiger partial charge in [0, 0.05) is 30.0 Å². The number of cyclic esters (lactones) is 1. The van der Waals surface area contributed by atoms with Crippen LogP contribution >= 0.6 is 11.3 Å². The van der Waals surface area contributed by atoms with Gasteiger partial charge in [-0.3, -0.25) is 4.31 Å². The summed E-state index contributed by atoms with van der Waals surface area (Å²) in [6.45, 7) is 3.62. The van der Waals surface area contributed by atoms with Crippen LogP contribution < -0.4 is 4.31 Å². The number of hydrogen-bond acceptors (Lipinski definition) is 6. The third kappa shape index (κ3) is 3.53. The van der Waals surface area contributed by atoms with Crippen LogP contribution in [0.3, 0.4) is 0 Å². The molecule has 0 radical (unpaired) electrons. The van der Waals surface area contributed by atoms with Gasteiger partial charge in [-0.25, -0.2) is 18.2 Å². The fourth-order valence-electron chi connectivity index (χ4n) is 3.69. The fraction of sp³-hybridized carbons (Fsp3) is 0.444. The average molecular weight is 408 g/mol. The van der Waals surface area contributed by atoms with Crippen LogP contribution in [0.15, 0.2) is 23.6 Å². The lowest BCUT2D eigenvalue weighted by Gasteiger charge is -2.21. The van der Waals surface area contributed by atoms with Crippen molar-refractivity contribution in [3.8, 4) is 11.3 Å². The predicted octanol–water partition coefficient (Wildman–Crippen LogP) is 2.52. The first-order chi connectivity index (χ1) is 12.8. The Labute approximate surface area is 162 Å². The quantitative estimate of drug-likeness (QED) is 0.761. The van der Waals surface area contributed by atoms with E-state index in [0.717, 1.165) is 27.5 Å². The molecule has 1 aromatic heterocycles. The van der Waals surface area contributed by atoms with Gasteiger partial charge in [0.05, 0.1) is 29.2 Å². The monoisotopic (exact) mass is 407 g/mol. The number of carbonyl (C=O) groups excluding carboxylic acids is 1. The van der Waals surface area contributed by atoms with Crippen molar-refractivity contribution in [2.24, 2.45) is 0 Å². The number of hydrogen-bond donors (Lipinski definition) is 0. The van der Waals surface area contributed by atoms with Crippen molar-refractivity contribution in [3.05, 3.63) is 34.2 Å². The Morgan fingerprint density at radius 2 is 2.19 bits per heavy atom. The number of sulfonamides is 1. The van der Waals surface area contributed by atoms with Gasteiger partial charge >= 0.3 is 6.09 Å². The first-order valence-corrected chi connectivity index (χ1v) is 11.5. The second-order valence-corrected chi connectivity index (χ2v) is 9.74. The molecule has 1 aromatic carbocycles. The van der Waals surface area contributed by atoms with E-state index in [2.05, 4.69) is 4.98 Å². The zero-order valence-corrected chi connectivity index (χ0v) is 16.8. The maximum Gasteiger partial charge on any atom is 0.409 e. The number of benzene rings is 1. The average Bonchev–Trinajstić information content (AvgIpc) is 3.29. The summed E-state index contributed by atoms with van der Waals surface area (Å²) in [5, 5.41) is 2.97. The summed E-state index contributed by atoms with van der Waals surface area (Å²) in [7, 11) is -3.28. The second kappa shape index (κ2) is 6.79. The molecule has 0 bridgehead atoms. The van der Waals surface area contributed by atoms with Crippen molar-refractivity contribution in [2.45, 2.75) is 25.8 Å². The lowest BCUT2D eigenvalue weighted by molar-refractivity contribution is 0.159. The van der Waals surface area contributed by atoms with Gasteiger partial charge in [0.15, 0.2) is 0 Å². The van der Waals surface area contributed by atoms with Gasteiger partial charge in [0.2, 0.25) is 10.0 Å². The van der Waals surface area contributed by atoms with E-state index in [1.54, 1.807) is 16.2 Å². The van der Waals surface area contributed by atoms with Crippen molar-refractivity contribution in [1.29, 1.82) is 0 Å². The molecule has 2 aliphatic heterocycles. The normalized spacial score (nSPS) is 19.5. The standard InChI is InChI=1S/C18H21N3O4S2/c1-12-9-14-10-13(3-4-16(14)21(12)27(2,23)24)15-11-26-17(19-15)5-6-20-7-8-25-18(20)22/h3-4,10-12H,5-9H2,1-2H3/t12-/m1/s1. The molecule has 0 N–H and O–H groups in total. The first-order valence-electron chi connectivity index (χ1n) is 8.82. The zero-order valence-electron chi connectivity index (χ0n) is 15.2. The number of ether oxygens (including phenoxy) is 1. The van der Waals surface area contributed by atoms with Gasteiger partial charge in [-0.05, 0) is 31.0 Å². The summed E-state index contributed by atoms with van der Waals surface area (Å²) in [5.41, 5.74) is 3.66. The van der Waals surface area contributed by atoms with E-state index < -0.39 is 10.0 Å². The fourth-order valence-corrected chi connectivity index (χ4v) is 5.75. The minimum Gasteiger partial charge on any atom is -0.448 e. The zero-order chi connectivity index (χ0) is 19.2. The topological polar surface area (TPSA) is 79.8 Å². The van der Waals surface area contributed by atoms with E-state index in [0.29, 0.717) is 32.5 Å². The molecule has 1 atom stereocenters. The third-order valence-corrected chi connectivity index (χ3v) is 7.06. The van der Waals surface area contributed by atoms with Gasteiger partial charge in [-0.1, -0.05) is 6.07 Å². The summed E-state index contributed by atoms with van der Waals surface area (Å²) in [6, 6.07) is 5.75. The van der Waals surface area contributed by atoms with Crippen LogP contribution in [0.2, 0.25) is 0 Å². The molecule has 144 valence electrons. The molecule has 2 aliphatic rings. The maximum atomic E-state index is 12.0. The molecule has 27 heavy (non-hydrogen) atoms. The summed E-state index contributed by atoms with van der Waals surface area (Å²) >= 11 is 1.57. The number of fused-ring (bicyclic) bond motifs is 1.